The van der Waals surface area contributed by atoms with Crippen molar-refractivity contribution in [2.45, 2.75) is 25.6 Å². The molecule has 0 fully saturated rings. The van der Waals surface area contributed by atoms with E-state index in [4.69, 9.17) is 0 Å². The fourth-order valence-corrected chi connectivity index (χ4v) is 3.93. The topological polar surface area (TPSA) is 0 Å². The molecule has 0 spiro atoms. The van der Waals surface area contributed by atoms with E-state index in [1.165, 1.54) is 24.2 Å². The molecule has 0 amide bonds. The third-order valence-corrected chi connectivity index (χ3v) is 5.62. The van der Waals surface area contributed by atoms with Gasteiger partial charge >= 0.3 is 104 Å². The number of rotatable bonds is 6. The molecule has 82 valence electrons. The maximum atomic E-state index is 2.33. The Morgan fingerprint density at radius 2 is 2.07 bits per heavy atom. The van der Waals surface area contributed by atoms with E-state index in [0.29, 0.717) is 15.0 Å². The fraction of sp³-hybridized carbons (Fsp3) is 0.385. The first-order valence-electron chi connectivity index (χ1n) is 5.30. The van der Waals surface area contributed by atoms with Crippen LogP contribution in [0.1, 0.15) is 25.3 Å². The molecule has 0 unspecified atom stereocenters. The van der Waals surface area contributed by atoms with Gasteiger partial charge in [0.1, 0.15) is 0 Å². The molecule has 0 aromatic heterocycles. The van der Waals surface area contributed by atoms with Crippen molar-refractivity contribution >= 4 is 32.8 Å². The van der Waals surface area contributed by atoms with E-state index in [-0.39, 0.29) is 0 Å². The Labute approximate surface area is 104 Å². The molecule has 1 aromatic carbocycles. The molecule has 15 heavy (non-hydrogen) atoms. The van der Waals surface area contributed by atoms with Crippen molar-refractivity contribution in [2.75, 3.05) is 5.75 Å². The second kappa shape index (κ2) is 8.04. The molecular formula is C13H18SSe. The van der Waals surface area contributed by atoms with Gasteiger partial charge in [0.15, 0.2) is 0 Å². The zero-order chi connectivity index (χ0) is 10.9. The summed E-state index contributed by atoms with van der Waals surface area (Å²) in [7, 11) is 0. The Morgan fingerprint density at radius 3 is 2.67 bits per heavy atom. The number of benzene rings is 1. The van der Waals surface area contributed by atoms with Crippen LogP contribution in [0.25, 0.3) is 6.08 Å². The van der Waals surface area contributed by atoms with E-state index in [1.54, 1.807) is 3.80 Å². The van der Waals surface area contributed by atoms with E-state index in [1.807, 2.05) is 11.8 Å². The van der Waals surface area contributed by atoms with Crippen molar-refractivity contribution in [3.05, 3.63) is 39.7 Å². The van der Waals surface area contributed by atoms with Crippen molar-refractivity contribution in [3.8, 4) is 0 Å². The molecule has 0 aliphatic heterocycles. The van der Waals surface area contributed by atoms with Gasteiger partial charge in [-0.25, -0.2) is 0 Å². The molecule has 0 atom stereocenters. The molecule has 1 aromatic rings. The van der Waals surface area contributed by atoms with E-state index in [2.05, 4.69) is 49.2 Å². The van der Waals surface area contributed by atoms with Crippen LogP contribution < -0.4 is 0 Å². The van der Waals surface area contributed by atoms with Gasteiger partial charge in [0.05, 0.1) is 0 Å². The maximum absolute atomic E-state index is 2.33. The van der Waals surface area contributed by atoms with Crippen LogP contribution in [0.3, 0.4) is 0 Å². The fourth-order valence-electron chi connectivity index (χ4n) is 1.16. The van der Waals surface area contributed by atoms with Crippen LogP contribution in [-0.2, 0) is 0 Å². The number of hydrogen-bond acceptors (Lipinski definition) is 1. The summed E-state index contributed by atoms with van der Waals surface area (Å²) in [5, 5.41) is 0. The van der Waals surface area contributed by atoms with E-state index < -0.39 is 0 Å². The molecule has 0 radical (unpaired) electrons. The van der Waals surface area contributed by atoms with Gasteiger partial charge in [-0.15, -0.1) is 0 Å². The molecule has 0 aliphatic rings. The predicted octanol–water partition coefficient (Wildman–Crippen LogP) is 4.27. The second-order valence-electron chi connectivity index (χ2n) is 3.28. The molecule has 0 heterocycles. The summed E-state index contributed by atoms with van der Waals surface area (Å²) in [5.74, 6) is 3.56. The third-order valence-electron chi connectivity index (χ3n) is 2.03. The molecule has 1 rings (SSSR count). The normalized spacial score (nSPS) is 11.7. The summed E-state index contributed by atoms with van der Waals surface area (Å²) in [6.07, 6.45) is 4.95. The summed E-state index contributed by atoms with van der Waals surface area (Å²) in [6.45, 7) is 2.25. The quantitative estimate of drug-likeness (QED) is 0.555. The van der Waals surface area contributed by atoms with Gasteiger partial charge in [0.2, 0.25) is 0 Å². The monoisotopic (exact) mass is 286 g/mol. The van der Waals surface area contributed by atoms with Gasteiger partial charge < -0.3 is 0 Å². The summed E-state index contributed by atoms with van der Waals surface area (Å²) < 4.78 is 1.56. The van der Waals surface area contributed by atoms with Crippen LogP contribution in [0.15, 0.2) is 34.1 Å². The van der Waals surface area contributed by atoms with Crippen molar-refractivity contribution in [2.24, 2.45) is 0 Å². The molecule has 0 bridgehead atoms. The number of thioether (sulfide) groups is 1. The van der Waals surface area contributed by atoms with Crippen molar-refractivity contribution in [1.29, 1.82) is 0 Å². The van der Waals surface area contributed by atoms with Crippen molar-refractivity contribution < 1.29 is 0 Å². The van der Waals surface area contributed by atoms with Gasteiger partial charge in [-0.3, -0.25) is 0 Å². The van der Waals surface area contributed by atoms with Crippen LogP contribution >= 0.6 is 11.8 Å². The Morgan fingerprint density at radius 1 is 1.33 bits per heavy atom. The van der Waals surface area contributed by atoms with Crippen LogP contribution in [-0.4, -0.2) is 20.7 Å². The van der Waals surface area contributed by atoms with E-state index in [9.17, 15) is 0 Å². The van der Waals surface area contributed by atoms with E-state index >= 15 is 0 Å². The van der Waals surface area contributed by atoms with E-state index in [0.717, 1.165) is 0 Å². The van der Waals surface area contributed by atoms with Gasteiger partial charge in [0.25, 0.3) is 0 Å². The van der Waals surface area contributed by atoms with Gasteiger partial charge in [-0.2, -0.15) is 0 Å². The SMILES string of the molecule is CCCCS/C(=C/c1ccccc1)[Se]C. The average Bonchev–Trinajstić information content (AvgIpc) is 2.29. The molecule has 0 N–H and O–H groups in total. The van der Waals surface area contributed by atoms with Gasteiger partial charge in [-0.1, -0.05) is 0 Å². The Balaban J connectivity index is 2.54. The summed E-state index contributed by atoms with van der Waals surface area (Å²) in [5.41, 5.74) is 1.33. The van der Waals surface area contributed by atoms with Gasteiger partial charge in [-0.05, 0) is 0 Å². The third kappa shape index (κ3) is 5.46. The molecule has 2 heteroatoms. The Bertz CT molecular complexity index is 293. The van der Waals surface area contributed by atoms with Crippen LogP contribution in [0, 0.1) is 0 Å². The Kier molecular flexibility index (Phi) is 6.91. The summed E-state index contributed by atoms with van der Waals surface area (Å²) in [6, 6.07) is 10.6. The number of hydrogen-bond donors (Lipinski definition) is 0. The minimum atomic E-state index is 0.619. The standard InChI is InChI=1S/C13H18SSe/c1-3-4-10-14-13(15-2)11-12-8-6-5-7-9-12/h5-9,11H,3-4,10H2,1-2H3/b13-11-. The summed E-state index contributed by atoms with van der Waals surface area (Å²) in [4.78, 5) is 0. The summed E-state index contributed by atoms with van der Waals surface area (Å²) >= 11 is 2.65. The predicted molar refractivity (Wildman–Crippen MR) is 73.4 cm³/mol. The molecule has 0 saturated heterocycles. The van der Waals surface area contributed by atoms with Crippen LogP contribution in [0.2, 0.25) is 5.82 Å². The number of unbranched alkanes of at least 4 members (excludes halogenated alkanes) is 1. The van der Waals surface area contributed by atoms with Crippen LogP contribution in [0.5, 0.6) is 0 Å². The molecular weight excluding hydrogens is 267 g/mol. The molecule has 0 nitrogen and oxygen atoms in total. The zero-order valence-corrected chi connectivity index (χ0v) is 11.9. The first-order chi connectivity index (χ1) is 7.36. The first kappa shape index (κ1) is 12.9. The van der Waals surface area contributed by atoms with Gasteiger partial charge in [0, 0.05) is 0 Å². The zero-order valence-electron chi connectivity index (χ0n) is 9.40. The molecule has 0 saturated carbocycles. The van der Waals surface area contributed by atoms with Crippen molar-refractivity contribution in [3.63, 3.8) is 0 Å². The van der Waals surface area contributed by atoms with Crippen molar-refractivity contribution in [1.82, 2.24) is 0 Å². The van der Waals surface area contributed by atoms with Crippen LogP contribution in [0.4, 0.5) is 0 Å². The Hall–Kier alpha value is -0.171. The minimum absolute atomic E-state index is 0.619. The first-order valence-corrected chi connectivity index (χ1v) is 8.86. The second-order valence-corrected chi connectivity index (χ2v) is 6.78. The molecule has 0 aliphatic carbocycles. The average molecular weight is 285 g/mol.